The second kappa shape index (κ2) is 10.1. The summed E-state index contributed by atoms with van der Waals surface area (Å²) >= 11 is 0. The summed E-state index contributed by atoms with van der Waals surface area (Å²) in [5.74, 6) is 0.482. The molecule has 0 saturated heterocycles. The van der Waals surface area contributed by atoms with Gasteiger partial charge in [0, 0.05) is 32.1 Å². The summed E-state index contributed by atoms with van der Waals surface area (Å²) in [5.41, 5.74) is 0. The van der Waals surface area contributed by atoms with Crippen molar-refractivity contribution in [3.05, 3.63) is 43.0 Å². The molecule has 4 nitrogen and oxygen atoms in total. The predicted molar refractivity (Wildman–Crippen MR) is 73.1 cm³/mol. The minimum absolute atomic E-state index is 0.366. The molecule has 0 bridgehead atoms. The molecule has 0 spiro atoms. The minimum atomic E-state index is -0.392. The zero-order valence-corrected chi connectivity index (χ0v) is 11.0. The standard InChI is InChI=1S/C15H20O4/c1-2-15(16)19-13-7-11-17-10-6-12-18-14-8-4-3-5-9-14/h2-5,8-9H,1,6-7,10-13H2. The number of para-hydroxylation sites is 1. The molecule has 0 N–H and O–H groups in total. The third-order valence-corrected chi connectivity index (χ3v) is 2.29. The fraction of sp³-hybridized carbons (Fsp3) is 0.400. The number of benzene rings is 1. The Bertz CT molecular complexity index is 362. The molecule has 0 atom stereocenters. The van der Waals surface area contributed by atoms with E-state index in [9.17, 15) is 4.79 Å². The Labute approximate surface area is 114 Å². The van der Waals surface area contributed by atoms with Gasteiger partial charge in [0.2, 0.25) is 0 Å². The smallest absolute Gasteiger partial charge is 0.330 e. The lowest BCUT2D eigenvalue weighted by Gasteiger charge is -2.06. The van der Waals surface area contributed by atoms with Crippen LogP contribution in [0.4, 0.5) is 0 Å². The Morgan fingerprint density at radius 1 is 1.05 bits per heavy atom. The zero-order chi connectivity index (χ0) is 13.8. The van der Waals surface area contributed by atoms with Crippen LogP contribution < -0.4 is 4.74 Å². The van der Waals surface area contributed by atoms with Gasteiger partial charge in [0.05, 0.1) is 13.2 Å². The Morgan fingerprint density at radius 2 is 1.74 bits per heavy atom. The second-order valence-corrected chi connectivity index (χ2v) is 3.85. The molecule has 104 valence electrons. The Kier molecular flexibility index (Phi) is 8.14. The maximum atomic E-state index is 10.7. The van der Waals surface area contributed by atoms with E-state index in [1.165, 1.54) is 0 Å². The highest BCUT2D eigenvalue weighted by atomic mass is 16.5. The van der Waals surface area contributed by atoms with Crippen LogP contribution in [0.2, 0.25) is 0 Å². The van der Waals surface area contributed by atoms with Crippen LogP contribution in [0, 0.1) is 0 Å². The molecule has 0 amide bonds. The van der Waals surface area contributed by atoms with Crippen LogP contribution in [0.25, 0.3) is 0 Å². The molecule has 1 rings (SSSR count). The molecular formula is C15H20O4. The minimum Gasteiger partial charge on any atom is -0.494 e. The van der Waals surface area contributed by atoms with Crippen molar-refractivity contribution in [2.45, 2.75) is 12.8 Å². The molecule has 0 aliphatic rings. The van der Waals surface area contributed by atoms with Crippen molar-refractivity contribution in [1.82, 2.24) is 0 Å². The molecule has 0 unspecified atom stereocenters. The Hall–Kier alpha value is -1.81. The normalized spacial score (nSPS) is 9.89. The van der Waals surface area contributed by atoms with Crippen molar-refractivity contribution in [3.8, 4) is 5.75 Å². The van der Waals surface area contributed by atoms with Crippen LogP contribution in [0.15, 0.2) is 43.0 Å². The third kappa shape index (κ3) is 8.00. The molecule has 0 aliphatic heterocycles. The van der Waals surface area contributed by atoms with Gasteiger partial charge in [-0.1, -0.05) is 24.8 Å². The number of ether oxygens (including phenoxy) is 3. The summed E-state index contributed by atoms with van der Waals surface area (Å²) < 4.78 is 15.7. The quantitative estimate of drug-likeness (QED) is 0.370. The van der Waals surface area contributed by atoms with E-state index in [1.54, 1.807) is 0 Å². The molecule has 0 heterocycles. The molecule has 0 aliphatic carbocycles. The summed E-state index contributed by atoms with van der Waals surface area (Å²) in [6.07, 6.45) is 2.68. The second-order valence-electron chi connectivity index (χ2n) is 3.85. The van der Waals surface area contributed by atoms with Gasteiger partial charge in [-0.25, -0.2) is 4.79 Å². The summed E-state index contributed by atoms with van der Waals surface area (Å²) in [5, 5.41) is 0. The van der Waals surface area contributed by atoms with Crippen LogP contribution in [-0.2, 0) is 14.3 Å². The van der Waals surface area contributed by atoms with Crippen molar-refractivity contribution in [2.75, 3.05) is 26.4 Å². The summed E-state index contributed by atoms with van der Waals surface area (Å²) in [4.78, 5) is 10.7. The van der Waals surface area contributed by atoms with Gasteiger partial charge in [-0.3, -0.25) is 0 Å². The SMILES string of the molecule is C=CC(=O)OCCCOCCCOc1ccccc1. The van der Waals surface area contributed by atoms with Crippen LogP contribution in [0.3, 0.4) is 0 Å². The maximum Gasteiger partial charge on any atom is 0.330 e. The first-order chi connectivity index (χ1) is 9.33. The van der Waals surface area contributed by atoms with E-state index in [-0.39, 0.29) is 0 Å². The molecule has 4 heteroatoms. The lowest BCUT2D eigenvalue weighted by Crippen LogP contribution is -2.07. The molecule has 1 aromatic rings. The number of esters is 1. The van der Waals surface area contributed by atoms with Gasteiger partial charge >= 0.3 is 5.97 Å². The van der Waals surface area contributed by atoms with E-state index in [4.69, 9.17) is 14.2 Å². The number of hydrogen-bond acceptors (Lipinski definition) is 4. The molecular weight excluding hydrogens is 244 g/mol. The van der Waals surface area contributed by atoms with Crippen molar-refractivity contribution < 1.29 is 19.0 Å². The van der Waals surface area contributed by atoms with Gasteiger partial charge in [0.1, 0.15) is 5.75 Å². The van der Waals surface area contributed by atoms with E-state index in [1.807, 2.05) is 30.3 Å². The first-order valence-electron chi connectivity index (χ1n) is 6.37. The lowest BCUT2D eigenvalue weighted by atomic mass is 10.3. The van der Waals surface area contributed by atoms with Crippen molar-refractivity contribution in [2.24, 2.45) is 0 Å². The molecule has 0 radical (unpaired) electrons. The number of carbonyl (C=O) groups excluding carboxylic acids is 1. The topological polar surface area (TPSA) is 44.8 Å². The Morgan fingerprint density at radius 3 is 2.42 bits per heavy atom. The van der Waals surface area contributed by atoms with E-state index in [0.29, 0.717) is 32.8 Å². The van der Waals surface area contributed by atoms with Gasteiger partial charge in [-0.2, -0.15) is 0 Å². The molecule has 19 heavy (non-hydrogen) atoms. The van der Waals surface area contributed by atoms with E-state index >= 15 is 0 Å². The molecule has 0 aromatic heterocycles. The molecule has 0 fully saturated rings. The van der Waals surface area contributed by atoms with E-state index < -0.39 is 5.97 Å². The van der Waals surface area contributed by atoms with E-state index in [0.717, 1.165) is 18.2 Å². The van der Waals surface area contributed by atoms with Gasteiger partial charge < -0.3 is 14.2 Å². The zero-order valence-electron chi connectivity index (χ0n) is 11.0. The van der Waals surface area contributed by atoms with Crippen LogP contribution in [-0.4, -0.2) is 32.4 Å². The highest BCUT2D eigenvalue weighted by Gasteiger charge is 1.96. The fourth-order valence-corrected chi connectivity index (χ4v) is 1.36. The number of carbonyl (C=O) groups is 1. The number of rotatable bonds is 10. The highest BCUT2D eigenvalue weighted by Crippen LogP contribution is 2.08. The van der Waals surface area contributed by atoms with Crippen molar-refractivity contribution in [1.29, 1.82) is 0 Å². The summed E-state index contributed by atoms with van der Waals surface area (Å²) in [6, 6.07) is 9.69. The van der Waals surface area contributed by atoms with Crippen molar-refractivity contribution >= 4 is 5.97 Å². The van der Waals surface area contributed by atoms with E-state index in [2.05, 4.69) is 6.58 Å². The van der Waals surface area contributed by atoms with Gasteiger partial charge in [0.15, 0.2) is 0 Å². The predicted octanol–water partition coefficient (Wildman–Crippen LogP) is 2.59. The van der Waals surface area contributed by atoms with Gasteiger partial charge in [-0.05, 0) is 12.1 Å². The lowest BCUT2D eigenvalue weighted by molar-refractivity contribution is -0.138. The summed E-state index contributed by atoms with van der Waals surface area (Å²) in [6.45, 7) is 5.54. The first kappa shape index (κ1) is 15.2. The van der Waals surface area contributed by atoms with Crippen LogP contribution in [0.5, 0.6) is 5.75 Å². The largest absolute Gasteiger partial charge is 0.494 e. The molecule has 1 aromatic carbocycles. The third-order valence-electron chi connectivity index (χ3n) is 2.29. The molecule has 0 saturated carbocycles. The van der Waals surface area contributed by atoms with Crippen molar-refractivity contribution in [3.63, 3.8) is 0 Å². The average molecular weight is 264 g/mol. The van der Waals surface area contributed by atoms with Crippen LogP contribution >= 0.6 is 0 Å². The Balaban J connectivity index is 1.86. The summed E-state index contributed by atoms with van der Waals surface area (Å²) in [7, 11) is 0. The number of hydrogen-bond donors (Lipinski definition) is 0. The monoisotopic (exact) mass is 264 g/mol. The average Bonchev–Trinajstić information content (AvgIpc) is 2.46. The van der Waals surface area contributed by atoms with Crippen LogP contribution in [0.1, 0.15) is 12.8 Å². The van der Waals surface area contributed by atoms with Gasteiger partial charge in [-0.15, -0.1) is 0 Å². The van der Waals surface area contributed by atoms with Gasteiger partial charge in [0.25, 0.3) is 0 Å². The first-order valence-corrected chi connectivity index (χ1v) is 6.37. The maximum absolute atomic E-state index is 10.7. The fourth-order valence-electron chi connectivity index (χ4n) is 1.36. The highest BCUT2D eigenvalue weighted by molar-refractivity contribution is 5.81.